The Morgan fingerprint density at radius 1 is 1.16 bits per heavy atom. The van der Waals surface area contributed by atoms with Crippen molar-refractivity contribution in [3.8, 4) is 11.5 Å². The number of primary amides is 1. The van der Waals surface area contributed by atoms with E-state index in [2.05, 4.69) is 5.32 Å². The Morgan fingerprint density at radius 3 is 2.68 bits per heavy atom. The lowest BCUT2D eigenvalue weighted by molar-refractivity contribution is -0.123. The Labute approximate surface area is 145 Å². The van der Waals surface area contributed by atoms with Gasteiger partial charge in [0.05, 0.1) is 12.6 Å². The standard InChI is InChI=1S/C19H20N2O4/c20-19(23)13-7-9-14(10-8-13)25-12-18(22)21-16-5-3-11-24-17-6-2-1-4-15(16)17/h1-2,4,6-10,16H,3,5,11-12H2,(H2,20,23)(H,21,22)/t16-/m0/s1. The van der Waals surface area contributed by atoms with Crippen LogP contribution >= 0.6 is 0 Å². The molecule has 0 unspecified atom stereocenters. The number of rotatable bonds is 5. The van der Waals surface area contributed by atoms with Crippen LogP contribution in [0.5, 0.6) is 11.5 Å². The van der Waals surface area contributed by atoms with Crippen molar-refractivity contribution >= 4 is 11.8 Å². The highest BCUT2D eigenvalue weighted by Gasteiger charge is 2.21. The molecule has 0 radical (unpaired) electrons. The molecule has 6 heteroatoms. The first-order valence-electron chi connectivity index (χ1n) is 8.17. The quantitative estimate of drug-likeness (QED) is 0.873. The van der Waals surface area contributed by atoms with Gasteiger partial charge in [-0.3, -0.25) is 9.59 Å². The maximum absolute atomic E-state index is 12.2. The van der Waals surface area contributed by atoms with Crippen LogP contribution in [0.15, 0.2) is 48.5 Å². The summed E-state index contributed by atoms with van der Waals surface area (Å²) in [5.41, 5.74) is 6.57. The number of fused-ring (bicyclic) bond motifs is 1. The number of carbonyl (C=O) groups excluding carboxylic acids is 2. The molecule has 1 aliphatic heterocycles. The Kier molecular flexibility index (Phi) is 5.18. The van der Waals surface area contributed by atoms with Crippen molar-refractivity contribution in [1.82, 2.24) is 5.32 Å². The van der Waals surface area contributed by atoms with Crippen LogP contribution < -0.4 is 20.5 Å². The minimum atomic E-state index is -0.501. The summed E-state index contributed by atoms with van der Waals surface area (Å²) in [4.78, 5) is 23.3. The SMILES string of the molecule is NC(=O)c1ccc(OCC(=O)N[C@H]2CCCOc3ccccc32)cc1. The molecule has 3 rings (SSSR count). The molecule has 1 atom stereocenters. The number of hydrogen-bond donors (Lipinski definition) is 2. The molecule has 2 amide bonds. The topological polar surface area (TPSA) is 90.7 Å². The molecule has 2 aromatic carbocycles. The lowest BCUT2D eigenvalue weighted by Crippen LogP contribution is -2.32. The molecule has 6 nitrogen and oxygen atoms in total. The highest BCUT2D eigenvalue weighted by Crippen LogP contribution is 2.31. The molecule has 25 heavy (non-hydrogen) atoms. The maximum Gasteiger partial charge on any atom is 0.258 e. The molecule has 2 aromatic rings. The van der Waals surface area contributed by atoms with E-state index in [-0.39, 0.29) is 18.6 Å². The fraction of sp³-hybridized carbons (Fsp3) is 0.263. The van der Waals surface area contributed by atoms with Crippen LogP contribution in [-0.2, 0) is 4.79 Å². The highest BCUT2D eigenvalue weighted by atomic mass is 16.5. The summed E-state index contributed by atoms with van der Waals surface area (Å²) in [5, 5.41) is 3.00. The van der Waals surface area contributed by atoms with E-state index >= 15 is 0 Å². The Bertz CT molecular complexity index is 758. The van der Waals surface area contributed by atoms with Crippen LogP contribution in [0.1, 0.15) is 34.8 Å². The van der Waals surface area contributed by atoms with Crippen molar-refractivity contribution in [2.24, 2.45) is 5.73 Å². The molecule has 130 valence electrons. The number of ether oxygens (including phenoxy) is 2. The van der Waals surface area contributed by atoms with Crippen LogP contribution in [-0.4, -0.2) is 25.0 Å². The van der Waals surface area contributed by atoms with Gasteiger partial charge in [-0.25, -0.2) is 0 Å². The summed E-state index contributed by atoms with van der Waals surface area (Å²) < 4.78 is 11.2. The van der Waals surface area contributed by atoms with Crippen LogP contribution in [0.3, 0.4) is 0 Å². The largest absolute Gasteiger partial charge is 0.493 e. The van der Waals surface area contributed by atoms with E-state index < -0.39 is 5.91 Å². The Morgan fingerprint density at radius 2 is 1.92 bits per heavy atom. The van der Waals surface area contributed by atoms with Gasteiger partial charge < -0.3 is 20.5 Å². The van der Waals surface area contributed by atoms with Gasteiger partial charge >= 0.3 is 0 Å². The monoisotopic (exact) mass is 340 g/mol. The third-order valence-corrected chi connectivity index (χ3v) is 4.03. The van der Waals surface area contributed by atoms with E-state index in [1.54, 1.807) is 24.3 Å². The number of carbonyl (C=O) groups is 2. The summed E-state index contributed by atoms with van der Waals surface area (Å²) in [7, 11) is 0. The second kappa shape index (κ2) is 7.70. The molecular formula is C19H20N2O4. The van der Waals surface area contributed by atoms with E-state index in [0.29, 0.717) is 17.9 Å². The third-order valence-electron chi connectivity index (χ3n) is 4.03. The smallest absolute Gasteiger partial charge is 0.258 e. The van der Waals surface area contributed by atoms with Crippen LogP contribution in [0.4, 0.5) is 0 Å². The van der Waals surface area contributed by atoms with Crippen molar-refractivity contribution in [2.45, 2.75) is 18.9 Å². The molecule has 0 fully saturated rings. The summed E-state index contributed by atoms with van der Waals surface area (Å²) in [6, 6.07) is 14.0. The molecule has 0 aromatic heterocycles. The first kappa shape index (κ1) is 16.8. The molecular weight excluding hydrogens is 320 g/mol. The van der Waals surface area contributed by atoms with E-state index in [0.717, 1.165) is 24.2 Å². The molecule has 0 saturated heterocycles. The van der Waals surface area contributed by atoms with E-state index in [9.17, 15) is 9.59 Å². The van der Waals surface area contributed by atoms with Crippen LogP contribution in [0.2, 0.25) is 0 Å². The fourth-order valence-electron chi connectivity index (χ4n) is 2.78. The minimum absolute atomic E-state index is 0.0907. The summed E-state index contributed by atoms with van der Waals surface area (Å²) in [6.45, 7) is 0.543. The Balaban J connectivity index is 1.58. The second-order valence-electron chi connectivity index (χ2n) is 5.83. The van der Waals surface area contributed by atoms with Gasteiger partial charge in [0.1, 0.15) is 11.5 Å². The van der Waals surface area contributed by atoms with Gasteiger partial charge in [0.15, 0.2) is 6.61 Å². The number of nitrogens with two attached hydrogens (primary N) is 1. The average Bonchev–Trinajstić information content (AvgIpc) is 2.83. The third kappa shape index (κ3) is 4.29. The van der Waals surface area contributed by atoms with Gasteiger partial charge in [0.25, 0.3) is 5.91 Å². The van der Waals surface area contributed by atoms with Gasteiger partial charge in [-0.1, -0.05) is 18.2 Å². The number of para-hydroxylation sites is 1. The zero-order valence-electron chi connectivity index (χ0n) is 13.7. The van der Waals surface area contributed by atoms with Gasteiger partial charge in [-0.05, 0) is 43.2 Å². The average molecular weight is 340 g/mol. The predicted octanol–water partition coefficient (Wildman–Crippen LogP) is 2.19. The van der Waals surface area contributed by atoms with E-state index in [1.165, 1.54) is 0 Å². The summed E-state index contributed by atoms with van der Waals surface area (Å²) >= 11 is 0. The zero-order valence-corrected chi connectivity index (χ0v) is 13.7. The zero-order chi connectivity index (χ0) is 17.6. The maximum atomic E-state index is 12.2. The van der Waals surface area contributed by atoms with Crippen molar-refractivity contribution in [3.63, 3.8) is 0 Å². The molecule has 1 heterocycles. The number of nitrogens with one attached hydrogen (secondary N) is 1. The van der Waals surface area contributed by atoms with Crippen molar-refractivity contribution in [1.29, 1.82) is 0 Å². The van der Waals surface area contributed by atoms with Gasteiger partial charge in [0.2, 0.25) is 5.91 Å². The normalized spacial score (nSPS) is 16.1. The number of benzene rings is 2. The van der Waals surface area contributed by atoms with Crippen molar-refractivity contribution in [3.05, 3.63) is 59.7 Å². The lowest BCUT2D eigenvalue weighted by atomic mass is 10.0. The fourth-order valence-corrected chi connectivity index (χ4v) is 2.78. The second-order valence-corrected chi connectivity index (χ2v) is 5.83. The van der Waals surface area contributed by atoms with Gasteiger partial charge in [-0.15, -0.1) is 0 Å². The number of amides is 2. The summed E-state index contributed by atoms with van der Waals surface area (Å²) in [6.07, 6.45) is 1.69. The van der Waals surface area contributed by atoms with Gasteiger partial charge in [0, 0.05) is 11.1 Å². The number of hydrogen-bond acceptors (Lipinski definition) is 4. The minimum Gasteiger partial charge on any atom is -0.493 e. The van der Waals surface area contributed by atoms with Crippen LogP contribution in [0.25, 0.3) is 0 Å². The molecule has 1 aliphatic rings. The lowest BCUT2D eigenvalue weighted by Gasteiger charge is -2.18. The highest BCUT2D eigenvalue weighted by molar-refractivity contribution is 5.92. The Hall–Kier alpha value is -3.02. The molecule has 0 bridgehead atoms. The molecule has 0 spiro atoms. The molecule has 3 N–H and O–H groups in total. The van der Waals surface area contributed by atoms with Crippen molar-refractivity contribution < 1.29 is 19.1 Å². The van der Waals surface area contributed by atoms with Gasteiger partial charge in [-0.2, -0.15) is 0 Å². The van der Waals surface area contributed by atoms with E-state index in [4.69, 9.17) is 15.2 Å². The predicted molar refractivity (Wildman–Crippen MR) is 92.5 cm³/mol. The first-order valence-corrected chi connectivity index (χ1v) is 8.17. The molecule has 0 aliphatic carbocycles. The summed E-state index contributed by atoms with van der Waals surface area (Å²) in [5.74, 6) is 0.609. The molecule has 0 saturated carbocycles. The van der Waals surface area contributed by atoms with Crippen LogP contribution in [0, 0.1) is 0 Å². The first-order chi connectivity index (χ1) is 12.1. The van der Waals surface area contributed by atoms with Crippen molar-refractivity contribution in [2.75, 3.05) is 13.2 Å². The van der Waals surface area contributed by atoms with E-state index in [1.807, 2.05) is 24.3 Å².